The smallest absolute Gasteiger partial charge is 0.297 e. The fourth-order valence-corrected chi connectivity index (χ4v) is 2.28. The van der Waals surface area contributed by atoms with Crippen LogP contribution in [0.5, 0.6) is 0 Å². The van der Waals surface area contributed by atoms with E-state index in [1.54, 1.807) is 19.2 Å². The number of ether oxygens (including phenoxy) is 2. The minimum absolute atomic E-state index is 0.0171. The summed E-state index contributed by atoms with van der Waals surface area (Å²) in [4.78, 5) is 0.164. The third kappa shape index (κ3) is 6.15. The van der Waals surface area contributed by atoms with Gasteiger partial charge in [0, 0.05) is 20.3 Å². The molecule has 5 nitrogen and oxygen atoms in total. The fourth-order valence-electron chi connectivity index (χ4n) is 1.38. The van der Waals surface area contributed by atoms with Gasteiger partial charge in [0.1, 0.15) is 0 Å². The third-order valence-electron chi connectivity index (χ3n) is 2.41. The van der Waals surface area contributed by atoms with Crippen LogP contribution in [0.1, 0.15) is 12.0 Å². The first kappa shape index (κ1) is 16.1. The van der Waals surface area contributed by atoms with E-state index in [4.69, 9.17) is 13.7 Å². The lowest BCUT2D eigenvalue weighted by Crippen LogP contribution is -2.12. The Morgan fingerprint density at radius 2 is 1.68 bits per heavy atom. The second-order valence-electron chi connectivity index (χ2n) is 4.05. The van der Waals surface area contributed by atoms with Gasteiger partial charge in [-0.2, -0.15) is 8.42 Å². The van der Waals surface area contributed by atoms with E-state index in [1.165, 1.54) is 12.1 Å². The minimum Gasteiger partial charge on any atom is -0.385 e. The zero-order valence-electron chi connectivity index (χ0n) is 11.3. The number of rotatable bonds is 9. The molecule has 1 aromatic rings. The van der Waals surface area contributed by atoms with E-state index in [9.17, 15) is 8.42 Å². The topological polar surface area (TPSA) is 61.8 Å². The van der Waals surface area contributed by atoms with E-state index >= 15 is 0 Å². The molecular formula is C13H20O5S. The van der Waals surface area contributed by atoms with Gasteiger partial charge in [-0.15, -0.1) is 0 Å². The quantitative estimate of drug-likeness (QED) is 0.512. The SMILES string of the molecule is COCCCOCCOS(=O)(=O)c1ccc(C)cc1. The van der Waals surface area contributed by atoms with Crippen molar-refractivity contribution in [3.05, 3.63) is 29.8 Å². The van der Waals surface area contributed by atoms with Gasteiger partial charge >= 0.3 is 0 Å². The average Bonchev–Trinajstić information content (AvgIpc) is 2.38. The van der Waals surface area contributed by atoms with Crippen molar-refractivity contribution >= 4 is 10.1 Å². The molecule has 6 heteroatoms. The molecule has 0 amide bonds. The van der Waals surface area contributed by atoms with Gasteiger partial charge in [0.15, 0.2) is 0 Å². The molecule has 0 heterocycles. The summed E-state index contributed by atoms with van der Waals surface area (Å²) < 4.78 is 38.5. The van der Waals surface area contributed by atoms with Gasteiger partial charge < -0.3 is 9.47 Å². The Hall–Kier alpha value is -0.950. The van der Waals surface area contributed by atoms with E-state index in [0.717, 1.165) is 12.0 Å². The Morgan fingerprint density at radius 1 is 1.00 bits per heavy atom. The highest BCUT2D eigenvalue weighted by molar-refractivity contribution is 7.86. The normalized spacial score (nSPS) is 11.7. The summed E-state index contributed by atoms with van der Waals surface area (Å²) in [5.41, 5.74) is 1.00. The van der Waals surface area contributed by atoms with Gasteiger partial charge in [-0.3, -0.25) is 4.18 Å². The van der Waals surface area contributed by atoms with Crippen LogP contribution in [0.3, 0.4) is 0 Å². The number of hydrogen-bond donors (Lipinski definition) is 0. The van der Waals surface area contributed by atoms with Gasteiger partial charge in [-0.05, 0) is 25.5 Å². The van der Waals surface area contributed by atoms with Gasteiger partial charge in [0.25, 0.3) is 10.1 Å². The van der Waals surface area contributed by atoms with Crippen LogP contribution in [0, 0.1) is 6.92 Å². The van der Waals surface area contributed by atoms with E-state index in [-0.39, 0.29) is 18.1 Å². The molecule has 0 saturated heterocycles. The third-order valence-corrected chi connectivity index (χ3v) is 3.74. The summed E-state index contributed by atoms with van der Waals surface area (Å²) in [6.45, 7) is 3.31. The molecule has 1 aromatic carbocycles. The Kier molecular flexibility index (Phi) is 7.01. The molecule has 19 heavy (non-hydrogen) atoms. The number of aryl methyl sites for hydroxylation is 1. The van der Waals surface area contributed by atoms with Crippen LogP contribution in [0.15, 0.2) is 29.2 Å². The van der Waals surface area contributed by atoms with Crippen molar-refractivity contribution in [1.29, 1.82) is 0 Å². The van der Waals surface area contributed by atoms with Crippen LogP contribution in [0.2, 0.25) is 0 Å². The van der Waals surface area contributed by atoms with Gasteiger partial charge in [0.05, 0.1) is 18.1 Å². The van der Waals surface area contributed by atoms with E-state index in [1.807, 2.05) is 6.92 Å². The molecule has 0 N–H and O–H groups in total. The monoisotopic (exact) mass is 288 g/mol. The van der Waals surface area contributed by atoms with E-state index < -0.39 is 10.1 Å². The first-order valence-electron chi connectivity index (χ1n) is 6.09. The highest BCUT2D eigenvalue weighted by atomic mass is 32.2. The van der Waals surface area contributed by atoms with Crippen molar-refractivity contribution in [1.82, 2.24) is 0 Å². The van der Waals surface area contributed by atoms with E-state index in [0.29, 0.717) is 13.2 Å². The van der Waals surface area contributed by atoms with Gasteiger partial charge in [0.2, 0.25) is 0 Å². The predicted octanol–water partition coefficient (Wildman–Crippen LogP) is 1.75. The molecule has 0 aromatic heterocycles. The molecule has 0 fully saturated rings. The molecule has 1 rings (SSSR count). The Morgan fingerprint density at radius 3 is 2.32 bits per heavy atom. The van der Waals surface area contributed by atoms with Crippen LogP contribution in [0.25, 0.3) is 0 Å². The minimum atomic E-state index is -3.68. The van der Waals surface area contributed by atoms with Crippen LogP contribution in [-0.2, 0) is 23.8 Å². The summed E-state index contributed by atoms with van der Waals surface area (Å²) in [5.74, 6) is 0. The Labute approximate surface area is 114 Å². The fraction of sp³-hybridized carbons (Fsp3) is 0.538. The highest BCUT2D eigenvalue weighted by Crippen LogP contribution is 2.12. The van der Waals surface area contributed by atoms with Crippen LogP contribution in [0.4, 0.5) is 0 Å². The maximum atomic E-state index is 11.8. The zero-order chi connectivity index (χ0) is 14.1. The van der Waals surface area contributed by atoms with Crippen LogP contribution < -0.4 is 0 Å². The molecule has 0 aliphatic rings. The maximum Gasteiger partial charge on any atom is 0.297 e. The molecule has 0 aliphatic heterocycles. The summed E-state index contributed by atoms with van der Waals surface area (Å²) in [7, 11) is -2.06. The molecule has 0 saturated carbocycles. The zero-order valence-corrected chi connectivity index (χ0v) is 12.1. The second kappa shape index (κ2) is 8.27. The molecule has 0 spiro atoms. The maximum absolute atomic E-state index is 11.8. The van der Waals surface area contributed by atoms with Crippen molar-refractivity contribution in [2.45, 2.75) is 18.2 Å². The van der Waals surface area contributed by atoms with Gasteiger partial charge in [-0.1, -0.05) is 17.7 Å². The second-order valence-corrected chi connectivity index (χ2v) is 5.66. The Bertz CT molecular complexity index is 452. The molecule has 0 unspecified atom stereocenters. The highest BCUT2D eigenvalue weighted by Gasteiger charge is 2.14. The molecule has 0 atom stereocenters. The molecule has 0 aliphatic carbocycles. The molecular weight excluding hydrogens is 268 g/mol. The van der Waals surface area contributed by atoms with Crippen LogP contribution >= 0.6 is 0 Å². The summed E-state index contributed by atoms with van der Waals surface area (Å²) in [5, 5.41) is 0. The van der Waals surface area contributed by atoms with Crippen molar-refractivity contribution in [3.63, 3.8) is 0 Å². The first-order valence-corrected chi connectivity index (χ1v) is 7.50. The molecule has 0 bridgehead atoms. The predicted molar refractivity (Wildman–Crippen MR) is 71.6 cm³/mol. The standard InChI is InChI=1S/C13H20O5S/c1-12-4-6-13(7-5-12)19(14,15)18-11-10-17-9-3-8-16-2/h4-7H,3,8-11H2,1-2H3. The lowest BCUT2D eigenvalue weighted by Gasteiger charge is -2.06. The first-order chi connectivity index (χ1) is 9.06. The van der Waals surface area contributed by atoms with Crippen LogP contribution in [-0.4, -0.2) is 42.0 Å². The number of benzene rings is 1. The molecule has 108 valence electrons. The summed E-state index contributed by atoms with van der Waals surface area (Å²) in [6.07, 6.45) is 0.779. The van der Waals surface area contributed by atoms with Crippen molar-refractivity contribution in [2.75, 3.05) is 33.5 Å². The average molecular weight is 288 g/mol. The van der Waals surface area contributed by atoms with Crippen molar-refractivity contribution in [2.24, 2.45) is 0 Å². The lowest BCUT2D eigenvalue weighted by molar-refractivity contribution is 0.0820. The summed E-state index contributed by atoms with van der Waals surface area (Å²) in [6, 6.07) is 6.53. The Balaban J connectivity index is 2.29. The number of methoxy groups -OCH3 is 1. The lowest BCUT2D eigenvalue weighted by atomic mass is 10.2. The van der Waals surface area contributed by atoms with E-state index in [2.05, 4.69) is 0 Å². The largest absolute Gasteiger partial charge is 0.385 e. The van der Waals surface area contributed by atoms with Crippen molar-refractivity contribution in [3.8, 4) is 0 Å². The summed E-state index contributed by atoms with van der Waals surface area (Å²) >= 11 is 0. The van der Waals surface area contributed by atoms with Gasteiger partial charge in [-0.25, -0.2) is 0 Å². The number of hydrogen-bond acceptors (Lipinski definition) is 5. The van der Waals surface area contributed by atoms with Crippen molar-refractivity contribution < 1.29 is 22.1 Å². The molecule has 0 radical (unpaired) electrons.